The molecule has 2 aromatic carbocycles. The van der Waals surface area contributed by atoms with E-state index >= 15 is 0 Å². The van der Waals surface area contributed by atoms with Crippen LogP contribution >= 0.6 is 34.5 Å². The molecule has 0 saturated carbocycles. The first-order valence-electron chi connectivity index (χ1n) is 7.93. The first-order chi connectivity index (χ1) is 13.0. The molecule has 0 fully saturated rings. The van der Waals surface area contributed by atoms with Crippen LogP contribution in [0.4, 0.5) is 11.4 Å². The summed E-state index contributed by atoms with van der Waals surface area (Å²) in [6.45, 7) is 0. The summed E-state index contributed by atoms with van der Waals surface area (Å²) >= 11 is 13.7. The fourth-order valence-corrected chi connectivity index (χ4v) is 3.34. The molecule has 0 spiro atoms. The highest BCUT2D eigenvalue weighted by Gasteiger charge is 2.05. The third kappa shape index (κ3) is 5.44. The maximum absolute atomic E-state index is 12.2. The van der Waals surface area contributed by atoms with E-state index in [9.17, 15) is 4.79 Å². The topological polar surface area (TPSA) is 67.5 Å². The first-order valence-corrected chi connectivity index (χ1v) is 9.57. The van der Waals surface area contributed by atoms with E-state index in [-0.39, 0.29) is 5.91 Å². The van der Waals surface area contributed by atoms with Gasteiger partial charge in [-0.3, -0.25) is 4.79 Å². The molecule has 0 aliphatic carbocycles. The van der Waals surface area contributed by atoms with Crippen molar-refractivity contribution in [2.75, 3.05) is 5.32 Å². The Balaban J connectivity index is 1.75. The number of benzene rings is 2. The molecule has 0 aliphatic heterocycles. The lowest BCUT2D eigenvalue weighted by atomic mass is 10.2. The number of amidine groups is 1. The number of nitrogens with zero attached hydrogens (tertiary/aromatic N) is 1. The monoisotopic (exact) mass is 415 g/mol. The zero-order chi connectivity index (χ0) is 19.2. The number of carbonyl (C=O) groups excluding carboxylic acids is 1. The molecule has 1 aromatic heterocycles. The lowest BCUT2D eigenvalue weighted by Gasteiger charge is -2.06. The molecule has 0 aliphatic rings. The Hall–Kier alpha value is -2.60. The minimum absolute atomic E-state index is 0.307. The summed E-state index contributed by atoms with van der Waals surface area (Å²) in [6.07, 6.45) is 3.06. The summed E-state index contributed by atoms with van der Waals surface area (Å²) < 4.78 is 0. The molecule has 0 unspecified atom stereocenters. The summed E-state index contributed by atoms with van der Waals surface area (Å²) in [5.41, 5.74) is 7.84. The largest absolute Gasteiger partial charge is 0.383 e. The van der Waals surface area contributed by atoms with Crippen LogP contribution in [0.25, 0.3) is 6.08 Å². The number of amides is 1. The van der Waals surface area contributed by atoms with Crippen molar-refractivity contribution in [1.82, 2.24) is 0 Å². The maximum Gasteiger partial charge on any atom is 0.248 e. The van der Waals surface area contributed by atoms with Gasteiger partial charge in [0.2, 0.25) is 5.91 Å². The lowest BCUT2D eigenvalue weighted by molar-refractivity contribution is -0.111. The van der Waals surface area contributed by atoms with Gasteiger partial charge in [0.1, 0.15) is 5.84 Å². The van der Waals surface area contributed by atoms with E-state index in [0.717, 1.165) is 10.4 Å². The molecule has 0 saturated heterocycles. The molecule has 136 valence electrons. The second kappa shape index (κ2) is 8.86. The Morgan fingerprint density at radius 2 is 1.93 bits per heavy atom. The van der Waals surface area contributed by atoms with Gasteiger partial charge in [0, 0.05) is 21.8 Å². The molecule has 3 aromatic rings. The SMILES string of the molecule is NC(=Nc1cc(Cl)cc(NC(=O)C=Cc2ccccc2Cl)c1)c1cccs1. The number of hydrogen-bond donors (Lipinski definition) is 2. The van der Waals surface area contributed by atoms with E-state index in [2.05, 4.69) is 10.3 Å². The van der Waals surface area contributed by atoms with Crippen molar-refractivity contribution in [3.63, 3.8) is 0 Å². The Morgan fingerprint density at radius 1 is 1.11 bits per heavy atom. The predicted molar refractivity (Wildman–Crippen MR) is 115 cm³/mol. The Morgan fingerprint density at radius 3 is 2.67 bits per heavy atom. The Labute approximate surface area is 171 Å². The Bertz CT molecular complexity index is 1010. The standard InChI is InChI=1S/C20H15Cl2N3OS/c21-14-10-15(12-16(11-14)25-20(23)18-6-3-9-27-18)24-19(26)8-7-13-4-1-2-5-17(13)22/h1-12H,(H2,23,25)(H,24,26). The quantitative estimate of drug-likeness (QED) is 0.316. The molecule has 0 radical (unpaired) electrons. The number of anilines is 1. The zero-order valence-electron chi connectivity index (χ0n) is 14.0. The van der Waals surface area contributed by atoms with Crippen LogP contribution in [-0.2, 0) is 4.79 Å². The van der Waals surface area contributed by atoms with Gasteiger partial charge < -0.3 is 11.1 Å². The molecule has 27 heavy (non-hydrogen) atoms. The minimum atomic E-state index is -0.307. The summed E-state index contributed by atoms with van der Waals surface area (Å²) in [4.78, 5) is 17.4. The molecule has 0 atom stereocenters. The van der Waals surface area contributed by atoms with E-state index in [1.54, 1.807) is 30.3 Å². The van der Waals surface area contributed by atoms with Crippen LogP contribution < -0.4 is 11.1 Å². The van der Waals surface area contributed by atoms with E-state index in [4.69, 9.17) is 28.9 Å². The summed E-state index contributed by atoms with van der Waals surface area (Å²) in [5, 5.41) is 5.70. The van der Waals surface area contributed by atoms with Crippen LogP contribution in [0, 0.1) is 0 Å². The van der Waals surface area contributed by atoms with E-state index in [1.807, 2.05) is 35.7 Å². The molecule has 1 heterocycles. The highest BCUT2D eigenvalue weighted by molar-refractivity contribution is 7.12. The molecular weight excluding hydrogens is 401 g/mol. The third-order valence-electron chi connectivity index (χ3n) is 3.49. The van der Waals surface area contributed by atoms with E-state index in [0.29, 0.717) is 27.3 Å². The number of halogens is 2. The zero-order valence-corrected chi connectivity index (χ0v) is 16.4. The van der Waals surface area contributed by atoms with Crippen LogP contribution in [0.3, 0.4) is 0 Å². The second-order valence-electron chi connectivity index (χ2n) is 5.52. The fraction of sp³-hybridized carbons (Fsp3) is 0. The molecular formula is C20H15Cl2N3OS. The number of aliphatic imine (C=N–C) groups is 1. The van der Waals surface area contributed by atoms with Gasteiger partial charge in [0.05, 0.1) is 10.6 Å². The van der Waals surface area contributed by atoms with Crippen LogP contribution in [0.5, 0.6) is 0 Å². The summed E-state index contributed by atoms with van der Waals surface area (Å²) in [6, 6.07) is 16.1. The van der Waals surface area contributed by atoms with Gasteiger partial charge in [0.25, 0.3) is 0 Å². The average molecular weight is 416 g/mol. The fourth-order valence-electron chi connectivity index (χ4n) is 2.29. The van der Waals surface area contributed by atoms with Crippen molar-refractivity contribution in [2.45, 2.75) is 0 Å². The second-order valence-corrected chi connectivity index (χ2v) is 7.31. The van der Waals surface area contributed by atoms with Crippen LogP contribution in [0.2, 0.25) is 10.0 Å². The van der Waals surface area contributed by atoms with Gasteiger partial charge in [-0.25, -0.2) is 4.99 Å². The van der Waals surface area contributed by atoms with Gasteiger partial charge in [-0.1, -0.05) is 47.5 Å². The number of nitrogens with two attached hydrogens (primary N) is 1. The number of thiophene rings is 1. The normalized spacial score (nSPS) is 11.7. The molecule has 3 N–H and O–H groups in total. The van der Waals surface area contributed by atoms with Crippen LogP contribution in [0.1, 0.15) is 10.4 Å². The highest BCUT2D eigenvalue weighted by Crippen LogP contribution is 2.26. The van der Waals surface area contributed by atoms with Gasteiger partial charge >= 0.3 is 0 Å². The van der Waals surface area contributed by atoms with Crippen LogP contribution in [0.15, 0.2) is 71.0 Å². The van der Waals surface area contributed by atoms with Crippen molar-refractivity contribution in [2.24, 2.45) is 10.7 Å². The Kier molecular flexibility index (Phi) is 6.29. The van der Waals surface area contributed by atoms with E-state index in [1.165, 1.54) is 17.4 Å². The van der Waals surface area contributed by atoms with Gasteiger partial charge in [-0.15, -0.1) is 11.3 Å². The first kappa shape index (κ1) is 19.2. The number of carbonyl (C=O) groups is 1. The molecule has 4 nitrogen and oxygen atoms in total. The minimum Gasteiger partial charge on any atom is -0.383 e. The van der Waals surface area contributed by atoms with E-state index < -0.39 is 0 Å². The third-order valence-corrected chi connectivity index (χ3v) is 4.95. The average Bonchev–Trinajstić information content (AvgIpc) is 3.15. The molecule has 0 bridgehead atoms. The number of nitrogens with one attached hydrogen (secondary N) is 1. The lowest BCUT2D eigenvalue weighted by Crippen LogP contribution is -2.11. The van der Waals surface area contributed by atoms with Crippen molar-refractivity contribution in [3.8, 4) is 0 Å². The van der Waals surface area contributed by atoms with Crippen molar-refractivity contribution in [3.05, 3.63) is 86.5 Å². The van der Waals surface area contributed by atoms with Gasteiger partial charge in [0.15, 0.2) is 0 Å². The number of rotatable bonds is 5. The van der Waals surface area contributed by atoms with Gasteiger partial charge in [-0.05, 0) is 47.4 Å². The molecule has 7 heteroatoms. The summed E-state index contributed by atoms with van der Waals surface area (Å²) in [5.74, 6) is 0.0847. The van der Waals surface area contributed by atoms with Gasteiger partial charge in [-0.2, -0.15) is 0 Å². The smallest absolute Gasteiger partial charge is 0.248 e. The van der Waals surface area contributed by atoms with Crippen LogP contribution in [-0.4, -0.2) is 11.7 Å². The number of hydrogen-bond acceptors (Lipinski definition) is 3. The van der Waals surface area contributed by atoms with Crippen molar-refractivity contribution < 1.29 is 4.79 Å². The highest BCUT2D eigenvalue weighted by atomic mass is 35.5. The maximum atomic E-state index is 12.2. The summed E-state index contributed by atoms with van der Waals surface area (Å²) in [7, 11) is 0. The van der Waals surface area contributed by atoms with Crippen molar-refractivity contribution >= 4 is 63.7 Å². The van der Waals surface area contributed by atoms with Crippen molar-refractivity contribution in [1.29, 1.82) is 0 Å². The predicted octanol–water partition coefficient (Wildman–Crippen LogP) is 5.74. The molecule has 3 rings (SSSR count). The molecule has 1 amide bonds.